The number of hydrogen-bond donors (Lipinski definition) is 0. The highest BCUT2D eigenvalue weighted by molar-refractivity contribution is 5.71. The minimum atomic E-state index is -0.864. The standard InChI is InChI=1S/C53H76O6/c1-4-7-10-13-16-19-21-23-24-25-26-27-28-30-31-34-37-40-43-46-52(55)58-49-50(48-57-51(54)45-42-39-36-33-18-15-12-9-6-3)59-53(56)47-44-41-38-35-32-29-22-20-17-14-11-8-5-2/h7-12,14,16-20,22-24,26-27,29-33,35,37-38,40,50H,4-6,13,15,21,25,28,34,36,39,41-49H2,1-3H3/b10-7-,11-8-,12-9-,17-14-,19-16-,22-20-,24-23-,27-26-,31-30-,32-29-,33-18-,38-35-,40-37-. The van der Waals surface area contributed by atoms with E-state index in [4.69, 9.17) is 14.2 Å². The van der Waals surface area contributed by atoms with Crippen molar-refractivity contribution in [3.8, 4) is 0 Å². The molecule has 1 atom stereocenters. The maximum atomic E-state index is 12.7. The zero-order chi connectivity index (χ0) is 43.0. The van der Waals surface area contributed by atoms with Gasteiger partial charge in [-0.3, -0.25) is 14.4 Å². The molecule has 0 aromatic rings. The van der Waals surface area contributed by atoms with E-state index in [0.29, 0.717) is 25.7 Å². The van der Waals surface area contributed by atoms with Crippen molar-refractivity contribution in [2.75, 3.05) is 13.2 Å². The molecule has 0 fully saturated rings. The average molecular weight is 809 g/mol. The molecular formula is C53H76O6. The van der Waals surface area contributed by atoms with Gasteiger partial charge in [-0.2, -0.15) is 0 Å². The molecular weight excluding hydrogens is 733 g/mol. The molecule has 0 aliphatic carbocycles. The fraction of sp³-hybridized carbons (Fsp3) is 0.453. The average Bonchev–Trinajstić information content (AvgIpc) is 3.23. The van der Waals surface area contributed by atoms with Gasteiger partial charge in [-0.15, -0.1) is 0 Å². The van der Waals surface area contributed by atoms with E-state index in [0.717, 1.165) is 70.6 Å². The summed E-state index contributed by atoms with van der Waals surface area (Å²) in [5.74, 6) is -1.17. The Balaban J connectivity index is 4.64. The van der Waals surface area contributed by atoms with Crippen molar-refractivity contribution >= 4 is 17.9 Å². The number of allylic oxidation sites excluding steroid dienone is 26. The number of carbonyl (C=O) groups is 3. The van der Waals surface area contributed by atoms with Gasteiger partial charge in [0.05, 0.1) is 0 Å². The summed E-state index contributed by atoms with van der Waals surface area (Å²) in [7, 11) is 0. The number of carbonyl (C=O) groups excluding carboxylic acids is 3. The summed E-state index contributed by atoms with van der Waals surface area (Å²) in [6.07, 6.45) is 66.9. The van der Waals surface area contributed by atoms with Gasteiger partial charge < -0.3 is 14.2 Å². The fourth-order valence-corrected chi connectivity index (χ4v) is 4.94. The van der Waals surface area contributed by atoms with Crippen LogP contribution in [0.3, 0.4) is 0 Å². The smallest absolute Gasteiger partial charge is 0.306 e. The van der Waals surface area contributed by atoms with Gasteiger partial charge in [0.25, 0.3) is 0 Å². The molecule has 0 radical (unpaired) electrons. The molecule has 0 aliphatic rings. The van der Waals surface area contributed by atoms with Crippen LogP contribution in [0.5, 0.6) is 0 Å². The second-order valence-corrected chi connectivity index (χ2v) is 13.6. The molecule has 1 unspecified atom stereocenters. The predicted molar refractivity (Wildman–Crippen MR) is 251 cm³/mol. The van der Waals surface area contributed by atoms with Crippen molar-refractivity contribution < 1.29 is 28.6 Å². The minimum Gasteiger partial charge on any atom is -0.462 e. The molecule has 0 rings (SSSR count). The molecule has 0 amide bonds. The molecule has 0 aliphatic heterocycles. The van der Waals surface area contributed by atoms with Crippen LogP contribution in [0.1, 0.15) is 136 Å². The largest absolute Gasteiger partial charge is 0.462 e. The highest BCUT2D eigenvalue weighted by atomic mass is 16.6. The number of esters is 3. The van der Waals surface area contributed by atoms with Crippen LogP contribution in [0.2, 0.25) is 0 Å². The quantitative estimate of drug-likeness (QED) is 0.0206. The summed E-state index contributed by atoms with van der Waals surface area (Å²) in [5.41, 5.74) is 0. The van der Waals surface area contributed by atoms with Crippen molar-refractivity contribution in [2.24, 2.45) is 0 Å². The van der Waals surface area contributed by atoms with Crippen LogP contribution in [0.25, 0.3) is 0 Å². The van der Waals surface area contributed by atoms with E-state index < -0.39 is 18.0 Å². The molecule has 0 spiro atoms. The first-order chi connectivity index (χ1) is 29.0. The van der Waals surface area contributed by atoms with Gasteiger partial charge in [-0.1, -0.05) is 179 Å². The summed E-state index contributed by atoms with van der Waals surface area (Å²) in [6, 6.07) is 0. The lowest BCUT2D eigenvalue weighted by atomic mass is 10.2. The molecule has 0 aromatic carbocycles. The van der Waals surface area contributed by atoms with E-state index in [-0.39, 0.29) is 38.4 Å². The number of unbranched alkanes of at least 4 members (excludes halogenated alkanes) is 3. The van der Waals surface area contributed by atoms with Gasteiger partial charge in [0.15, 0.2) is 6.10 Å². The lowest BCUT2D eigenvalue weighted by molar-refractivity contribution is -0.166. The van der Waals surface area contributed by atoms with E-state index in [9.17, 15) is 14.4 Å². The molecule has 0 aromatic heterocycles. The van der Waals surface area contributed by atoms with Gasteiger partial charge >= 0.3 is 17.9 Å². The van der Waals surface area contributed by atoms with Crippen LogP contribution in [0.15, 0.2) is 158 Å². The first-order valence-corrected chi connectivity index (χ1v) is 22.1. The van der Waals surface area contributed by atoms with Crippen molar-refractivity contribution in [3.05, 3.63) is 158 Å². The topological polar surface area (TPSA) is 78.9 Å². The number of hydrogen-bond acceptors (Lipinski definition) is 6. The second-order valence-electron chi connectivity index (χ2n) is 13.6. The van der Waals surface area contributed by atoms with Crippen molar-refractivity contribution in [3.63, 3.8) is 0 Å². The molecule has 0 heterocycles. The molecule has 0 N–H and O–H groups in total. The highest BCUT2D eigenvalue weighted by Crippen LogP contribution is 2.08. The summed E-state index contributed by atoms with van der Waals surface area (Å²) in [5, 5.41) is 0. The van der Waals surface area contributed by atoms with Crippen molar-refractivity contribution in [2.45, 2.75) is 142 Å². The Morgan fingerprint density at radius 3 is 1.22 bits per heavy atom. The maximum absolute atomic E-state index is 12.7. The van der Waals surface area contributed by atoms with Crippen LogP contribution in [0.4, 0.5) is 0 Å². The van der Waals surface area contributed by atoms with Gasteiger partial charge in [0, 0.05) is 19.3 Å². The third-order valence-corrected chi connectivity index (χ3v) is 8.15. The van der Waals surface area contributed by atoms with E-state index in [1.54, 1.807) is 0 Å². The molecule has 0 bridgehead atoms. The monoisotopic (exact) mass is 809 g/mol. The molecule has 6 heteroatoms. The minimum absolute atomic E-state index is 0.156. The molecule has 0 saturated heterocycles. The van der Waals surface area contributed by atoms with Crippen molar-refractivity contribution in [1.82, 2.24) is 0 Å². The number of rotatable bonds is 36. The maximum Gasteiger partial charge on any atom is 0.306 e. The van der Waals surface area contributed by atoms with E-state index >= 15 is 0 Å². The van der Waals surface area contributed by atoms with Crippen molar-refractivity contribution in [1.29, 1.82) is 0 Å². The lowest BCUT2D eigenvalue weighted by Crippen LogP contribution is -2.30. The first kappa shape index (κ1) is 54.0. The molecule has 59 heavy (non-hydrogen) atoms. The highest BCUT2D eigenvalue weighted by Gasteiger charge is 2.19. The zero-order valence-electron chi connectivity index (χ0n) is 36.7. The van der Waals surface area contributed by atoms with Gasteiger partial charge in [0.2, 0.25) is 0 Å². The lowest BCUT2D eigenvalue weighted by Gasteiger charge is -2.18. The van der Waals surface area contributed by atoms with Gasteiger partial charge in [-0.25, -0.2) is 0 Å². The summed E-state index contributed by atoms with van der Waals surface area (Å²) < 4.78 is 16.5. The van der Waals surface area contributed by atoms with Crippen LogP contribution in [-0.4, -0.2) is 37.2 Å². The Labute approximate surface area is 359 Å². The Kier molecular flexibility index (Phi) is 41.9. The van der Waals surface area contributed by atoms with Gasteiger partial charge in [0.1, 0.15) is 13.2 Å². The molecule has 0 saturated carbocycles. The van der Waals surface area contributed by atoms with Crippen LogP contribution in [0, 0.1) is 0 Å². The SMILES string of the molecule is CC\C=C/C=C\C=C/C=C\C=C/CCCC(=O)OC(COC(=O)CC/C=C\C/C=C\C/C=C\C/C=C\C/C=C\C/C=C\CC)COC(=O)CCCC/C=C\C/C=C\CC. The third-order valence-electron chi connectivity index (χ3n) is 8.15. The predicted octanol–water partition coefficient (Wildman–Crippen LogP) is 14.3. The normalized spacial score (nSPS) is 13.6. The number of ether oxygens (including phenoxy) is 3. The summed E-state index contributed by atoms with van der Waals surface area (Å²) in [4.78, 5) is 37.6. The summed E-state index contributed by atoms with van der Waals surface area (Å²) >= 11 is 0. The van der Waals surface area contributed by atoms with E-state index in [2.05, 4.69) is 112 Å². The second kappa shape index (κ2) is 45.7. The summed E-state index contributed by atoms with van der Waals surface area (Å²) in [6.45, 7) is 6.03. The Morgan fingerprint density at radius 2 is 0.729 bits per heavy atom. The Morgan fingerprint density at radius 1 is 0.356 bits per heavy atom. The third kappa shape index (κ3) is 44.0. The van der Waals surface area contributed by atoms with Crippen LogP contribution in [-0.2, 0) is 28.6 Å². The van der Waals surface area contributed by atoms with E-state index in [1.807, 2.05) is 66.8 Å². The molecule has 6 nitrogen and oxygen atoms in total. The molecule has 324 valence electrons. The van der Waals surface area contributed by atoms with Crippen LogP contribution < -0.4 is 0 Å². The van der Waals surface area contributed by atoms with Crippen LogP contribution >= 0.6 is 0 Å². The Bertz CT molecular complexity index is 1440. The zero-order valence-corrected chi connectivity index (χ0v) is 36.7. The van der Waals surface area contributed by atoms with E-state index in [1.165, 1.54) is 0 Å². The fourth-order valence-electron chi connectivity index (χ4n) is 4.94. The van der Waals surface area contributed by atoms with Gasteiger partial charge in [-0.05, 0) is 96.3 Å². The first-order valence-electron chi connectivity index (χ1n) is 22.1. The Hall–Kier alpha value is -4.97.